The molecule has 0 bridgehead atoms. The normalized spacial score (nSPS) is 15.6. The summed E-state index contributed by atoms with van der Waals surface area (Å²) in [7, 11) is 0. The van der Waals surface area contributed by atoms with Crippen LogP contribution in [0.3, 0.4) is 0 Å². The Morgan fingerprint density at radius 1 is 1.10 bits per heavy atom. The fourth-order valence-corrected chi connectivity index (χ4v) is 5.13. The summed E-state index contributed by atoms with van der Waals surface area (Å²) in [6.07, 6.45) is 1.70. The lowest BCUT2D eigenvalue weighted by molar-refractivity contribution is -0.113. The van der Waals surface area contributed by atoms with E-state index < -0.39 is 0 Å². The first-order valence-corrected chi connectivity index (χ1v) is 11.8. The van der Waals surface area contributed by atoms with Gasteiger partial charge in [0, 0.05) is 20.5 Å². The number of furan rings is 1. The number of anilines is 1. The second kappa shape index (κ2) is 8.88. The SMILES string of the molecule is O=C1/C(=C/c2ccc(Sc3ccc(Cl)cc3)o2)SC(=S)N1c1ccc(Br)c(Cl)c1. The molecule has 0 atom stereocenters. The summed E-state index contributed by atoms with van der Waals surface area (Å²) in [5, 5.41) is 1.91. The Morgan fingerprint density at radius 3 is 2.59 bits per heavy atom. The Bertz CT molecular complexity index is 1140. The molecule has 1 fully saturated rings. The highest BCUT2D eigenvalue weighted by atomic mass is 79.9. The van der Waals surface area contributed by atoms with Crippen molar-refractivity contribution in [1.29, 1.82) is 0 Å². The highest BCUT2D eigenvalue weighted by Crippen LogP contribution is 2.38. The van der Waals surface area contributed by atoms with Crippen molar-refractivity contribution < 1.29 is 9.21 Å². The average Bonchev–Trinajstić information content (AvgIpc) is 3.24. The number of carbonyl (C=O) groups excluding carboxylic acids is 1. The fourth-order valence-electron chi connectivity index (χ4n) is 2.53. The molecule has 0 N–H and O–H groups in total. The van der Waals surface area contributed by atoms with Crippen molar-refractivity contribution in [3.63, 3.8) is 0 Å². The third-order valence-corrected chi connectivity index (χ3v) is 7.58. The summed E-state index contributed by atoms with van der Waals surface area (Å²) in [4.78, 5) is 15.9. The molecule has 0 saturated carbocycles. The Kier molecular flexibility index (Phi) is 6.44. The van der Waals surface area contributed by atoms with Crippen molar-refractivity contribution in [2.75, 3.05) is 4.90 Å². The molecule has 0 radical (unpaired) electrons. The Balaban J connectivity index is 1.53. The van der Waals surface area contributed by atoms with E-state index >= 15 is 0 Å². The lowest BCUT2D eigenvalue weighted by atomic mass is 10.3. The van der Waals surface area contributed by atoms with Crippen LogP contribution in [-0.2, 0) is 4.79 Å². The zero-order chi connectivity index (χ0) is 20.5. The van der Waals surface area contributed by atoms with E-state index in [-0.39, 0.29) is 5.91 Å². The van der Waals surface area contributed by atoms with Crippen LogP contribution in [0.15, 0.2) is 78.4 Å². The number of rotatable bonds is 4. The minimum absolute atomic E-state index is 0.207. The highest BCUT2D eigenvalue weighted by Gasteiger charge is 2.33. The first kappa shape index (κ1) is 21.0. The molecule has 3 aromatic rings. The molecule has 1 amide bonds. The molecule has 9 heteroatoms. The first-order chi connectivity index (χ1) is 13.9. The first-order valence-electron chi connectivity index (χ1n) is 8.17. The number of carbonyl (C=O) groups is 1. The van der Waals surface area contributed by atoms with Gasteiger partial charge in [-0.3, -0.25) is 9.69 Å². The van der Waals surface area contributed by atoms with E-state index in [1.54, 1.807) is 24.3 Å². The maximum atomic E-state index is 12.9. The minimum atomic E-state index is -0.207. The van der Waals surface area contributed by atoms with Crippen LogP contribution in [0.4, 0.5) is 5.69 Å². The van der Waals surface area contributed by atoms with Gasteiger partial charge < -0.3 is 4.42 Å². The Hall–Kier alpha value is -1.22. The molecular formula is C20H10BrCl2NO2S3. The van der Waals surface area contributed by atoms with Crippen molar-refractivity contribution in [2.45, 2.75) is 9.99 Å². The van der Waals surface area contributed by atoms with Gasteiger partial charge in [0.2, 0.25) is 0 Å². The molecule has 4 rings (SSSR count). The number of nitrogens with zero attached hydrogens (tertiary/aromatic N) is 1. The van der Waals surface area contributed by atoms with E-state index in [0.29, 0.717) is 35.8 Å². The Labute approximate surface area is 199 Å². The largest absolute Gasteiger partial charge is 0.450 e. The van der Waals surface area contributed by atoms with Gasteiger partial charge in [-0.05, 0) is 70.5 Å². The lowest BCUT2D eigenvalue weighted by Crippen LogP contribution is -2.27. The molecule has 29 heavy (non-hydrogen) atoms. The molecule has 2 heterocycles. The van der Waals surface area contributed by atoms with Gasteiger partial charge in [0.1, 0.15) is 5.76 Å². The van der Waals surface area contributed by atoms with Crippen molar-refractivity contribution >= 4 is 96.9 Å². The van der Waals surface area contributed by atoms with Crippen LogP contribution < -0.4 is 4.90 Å². The van der Waals surface area contributed by atoms with E-state index in [4.69, 9.17) is 39.8 Å². The Morgan fingerprint density at radius 2 is 1.86 bits per heavy atom. The van der Waals surface area contributed by atoms with Crippen LogP contribution in [0.2, 0.25) is 10.0 Å². The van der Waals surface area contributed by atoms with Crippen molar-refractivity contribution in [3.05, 3.63) is 79.8 Å². The smallest absolute Gasteiger partial charge is 0.270 e. The van der Waals surface area contributed by atoms with E-state index in [2.05, 4.69) is 15.9 Å². The minimum Gasteiger partial charge on any atom is -0.450 e. The van der Waals surface area contributed by atoms with Gasteiger partial charge in [-0.15, -0.1) is 0 Å². The second-order valence-corrected chi connectivity index (χ2v) is 10.3. The number of hydrogen-bond acceptors (Lipinski definition) is 5. The summed E-state index contributed by atoms with van der Waals surface area (Å²) in [5.74, 6) is 0.373. The number of halogens is 3. The molecule has 1 aliphatic rings. The summed E-state index contributed by atoms with van der Waals surface area (Å²) >= 11 is 23.5. The average molecular weight is 543 g/mol. The predicted molar refractivity (Wildman–Crippen MR) is 129 cm³/mol. The van der Waals surface area contributed by atoms with Crippen LogP contribution in [0.25, 0.3) is 6.08 Å². The van der Waals surface area contributed by atoms with Gasteiger partial charge in [0.25, 0.3) is 5.91 Å². The van der Waals surface area contributed by atoms with Crippen LogP contribution >= 0.6 is 74.9 Å². The van der Waals surface area contributed by atoms with Gasteiger partial charge in [-0.25, -0.2) is 0 Å². The number of amides is 1. The standard InChI is InChI=1S/C20H10BrCl2NO2S3/c21-15-7-3-12(9-16(15)23)24-19(25)17(29-20(24)27)10-13-4-8-18(26-13)28-14-5-1-11(22)2-6-14/h1-10H/b17-10-. The zero-order valence-corrected chi connectivity index (χ0v) is 19.9. The quantitative estimate of drug-likeness (QED) is 0.247. The van der Waals surface area contributed by atoms with Crippen molar-refractivity contribution in [3.8, 4) is 0 Å². The number of thiocarbonyl (C=S) groups is 1. The molecule has 3 nitrogen and oxygen atoms in total. The van der Waals surface area contributed by atoms with Crippen LogP contribution in [-0.4, -0.2) is 10.2 Å². The zero-order valence-electron chi connectivity index (χ0n) is 14.4. The molecule has 1 aliphatic heterocycles. The van der Waals surface area contributed by atoms with E-state index in [1.807, 2.05) is 36.4 Å². The summed E-state index contributed by atoms with van der Waals surface area (Å²) in [6, 6.07) is 16.5. The number of thioether (sulfide) groups is 1. The van der Waals surface area contributed by atoms with E-state index in [1.165, 1.54) is 28.4 Å². The topological polar surface area (TPSA) is 33.5 Å². The fraction of sp³-hybridized carbons (Fsp3) is 0. The van der Waals surface area contributed by atoms with Gasteiger partial charge in [0.15, 0.2) is 9.41 Å². The summed E-state index contributed by atoms with van der Waals surface area (Å²) in [5.41, 5.74) is 0.627. The predicted octanol–water partition coefficient (Wildman–Crippen LogP) is 7.91. The van der Waals surface area contributed by atoms with Gasteiger partial charge >= 0.3 is 0 Å². The number of benzene rings is 2. The maximum Gasteiger partial charge on any atom is 0.270 e. The van der Waals surface area contributed by atoms with Gasteiger partial charge in [-0.2, -0.15) is 0 Å². The maximum absolute atomic E-state index is 12.9. The number of hydrogen-bond donors (Lipinski definition) is 0. The molecule has 1 saturated heterocycles. The summed E-state index contributed by atoms with van der Waals surface area (Å²) < 4.78 is 7.04. The molecule has 146 valence electrons. The molecule has 2 aromatic carbocycles. The van der Waals surface area contributed by atoms with Crippen LogP contribution in [0.5, 0.6) is 0 Å². The molecule has 0 unspecified atom stereocenters. The highest BCUT2D eigenvalue weighted by molar-refractivity contribution is 9.10. The monoisotopic (exact) mass is 541 g/mol. The molecule has 1 aromatic heterocycles. The third-order valence-electron chi connectivity index (χ3n) is 3.86. The van der Waals surface area contributed by atoms with Crippen molar-refractivity contribution in [1.82, 2.24) is 0 Å². The van der Waals surface area contributed by atoms with Crippen LogP contribution in [0.1, 0.15) is 5.76 Å². The van der Waals surface area contributed by atoms with E-state index in [0.717, 1.165) is 9.37 Å². The third kappa shape index (κ3) is 4.76. The summed E-state index contributed by atoms with van der Waals surface area (Å²) in [6.45, 7) is 0. The molecule has 0 spiro atoms. The van der Waals surface area contributed by atoms with Gasteiger partial charge in [-0.1, -0.05) is 58.9 Å². The molecule has 0 aliphatic carbocycles. The molecular weight excluding hydrogens is 533 g/mol. The van der Waals surface area contributed by atoms with Gasteiger partial charge in [0.05, 0.1) is 15.6 Å². The lowest BCUT2D eigenvalue weighted by Gasteiger charge is -2.15. The van der Waals surface area contributed by atoms with Crippen molar-refractivity contribution in [2.24, 2.45) is 0 Å². The van der Waals surface area contributed by atoms with Crippen LogP contribution in [0, 0.1) is 0 Å². The second-order valence-electron chi connectivity index (χ2n) is 5.83. The van der Waals surface area contributed by atoms with E-state index in [9.17, 15) is 4.79 Å².